The van der Waals surface area contributed by atoms with Crippen LogP contribution in [0.15, 0.2) is 24.7 Å². The zero-order valence-corrected chi connectivity index (χ0v) is 9.84. The minimum Gasteiger partial charge on any atom is -0.495 e. The molecule has 0 aliphatic carbocycles. The van der Waals surface area contributed by atoms with Crippen LogP contribution in [0.2, 0.25) is 0 Å². The molecular weight excluding hydrogens is 220 g/mol. The van der Waals surface area contributed by atoms with Gasteiger partial charge in [0.15, 0.2) is 6.10 Å². The maximum atomic E-state index is 11.7. The smallest absolute Gasteiger partial charge is 0.347 e. The van der Waals surface area contributed by atoms with E-state index in [0.717, 1.165) is 32.1 Å². The van der Waals surface area contributed by atoms with Gasteiger partial charge in [0.2, 0.25) is 0 Å². The second-order valence-electron chi connectivity index (χ2n) is 4.26. The monoisotopic (exact) mass is 238 g/mol. The molecular formula is C13H18O4. The van der Waals surface area contributed by atoms with E-state index in [2.05, 4.69) is 0 Å². The first-order chi connectivity index (χ1) is 8.36. The lowest BCUT2D eigenvalue weighted by Gasteiger charge is -2.20. The lowest BCUT2D eigenvalue weighted by atomic mass is 10.1. The maximum Gasteiger partial charge on any atom is 0.347 e. The predicted molar refractivity (Wildman–Crippen MR) is 62.1 cm³/mol. The van der Waals surface area contributed by atoms with Gasteiger partial charge in [0.05, 0.1) is 12.5 Å². The van der Waals surface area contributed by atoms with Crippen molar-refractivity contribution in [2.45, 2.75) is 44.3 Å². The Morgan fingerprint density at radius 2 is 2.00 bits per heavy atom. The Hall–Kier alpha value is -1.45. The molecule has 0 bridgehead atoms. The van der Waals surface area contributed by atoms with Crippen molar-refractivity contribution >= 4 is 5.97 Å². The third kappa shape index (κ3) is 3.80. The maximum absolute atomic E-state index is 11.7. The van der Waals surface area contributed by atoms with E-state index in [1.165, 1.54) is 0 Å². The average molecular weight is 238 g/mol. The fourth-order valence-electron chi connectivity index (χ4n) is 1.86. The van der Waals surface area contributed by atoms with Crippen molar-refractivity contribution in [2.24, 2.45) is 0 Å². The first kappa shape index (κ1) is 12.0. The number of allylic oxidation sites excluding steroid dienone is 2. The van der Waals surface area contributed by atoms with E-state index in [9.17, 15) is 4.79 Å². The van der Waals surface area contributed by atoms with Crippen LogP contribution in [-0.2, 0) is 19.0 Å². The van der Waals surface area contributed by atoms with Crippen LogP contribution in [0.1, 0.15) is 32.1 Å². The van der Waals surface area contributed by atoms with Gasteiger partial charge in [-0.3, -0.25) is 0 Å². The van der Waals surface area contributed by atoms with Gasteiger partial charge in [0.25, 0.3) is 0 Å². The molecule has 4 heteroatoms. The topological polar surface area (TPSA) is 44.8 Å². The van der Waals surface area contributed by atoms with E-state index in [4.69, 9.17) is 14.2 Å². The molecule has 2 atom stereocenters. The summed E-state index contributed by atoms with van der Waals surface area (Å²) in [6.45, 7) is 0.312. The van der Waals surface area contributed by atoms with E-state index in [1.807, 2.05) is 12.2 Å². The minimum absolute atomic E-state index is 0.00901. The molecule has 2 aliphatic rings. The molecule has 0 fully saturated rings. The molecule has 0 aromatic carbocycles. The summed E-state index contributed by atoms with van der Waals surface area (Å²) in [6.07, 6.45) is 11.2. The molecule has 0 N–H and O–H groups in total. The Labute approximate surface area is 101 Å². The van der Waals surface area contributed by atoms with Crippen LogP contribution < -0.4 is 0 Å². The summed E-state index contributed by atoms with van der Waals surface area (Å²) in [5.41, 5.74) is 0. The van der Waals surface area contributed by atoms with Crippen molar-refractivity contribution in [3.8, 4) is 0 Å². The molecule has 4 nitrogen and oxygen atoms in total. The number of carbonyl (C=O) groups excluding carboxylic acids is 1. The molecule has 2 heterocycles. The van der Waals surface area contributed by atoms with Gasteiger partial charge < -0.3 is 14.2 Å². The summed E-state index contributed by atoms with van der Waals surface area (Å²) in [6, 6.07) is 0. The minimum atomic E-state index is -0.451. The van der Waals surface area contributed by atoms with Crippen LogP contribution in [0.25, 0.3) is 0 Å². The first-order valence-electron chi connectivity index (χ1n) is 6.14. The number of rotatable bonds is 3. The molecule has 0 radical (unpaired) electrons. The molecule has 94 valence electrons. The number of esters is 1. The van der Waals surface area contributed by atoms with E-state index >= 15 is 0 Å². The summed E-state index contributed by atoms with van der Waals surface area (Å²) < 4.78 is 15.8. The van der Waals surface area contributed by atoms with Crippen LogP contribution in [0.4, 0.5) is 0 Å². The normalized spacial score (nSPS) is 27.8. The molecule has 0 saturated carbocycles. The Kier molecular flexibility index (Phi) is 4.47. The summed E-state index contributed by atoms with van der Waals surface area (Å²) in [4.78, 5) is 11.7. The second kappa shape index (κ2) is 6.33. The highest BCUT2D eigenvalue weighted by Gasteiger charge is 2.23. The standard InChI is InChI=1S/C13H18O4/c14-13(12-7-2-1-4-9-16-12)17-10-11-6-3-5-8-15-11/h4-5,8-9,11-12H,1-3,6-7,10H2. The number of carbonyl (C=O) groups is 1. The summed E-state index contributed by atoms with van der Waals surface area (Å²) in [7, 11) is 0. The molecule has 0 aromatic heterocycles. The van der Waals surface area contributed by atoms with Gasteiger partial charge in [-0.2, -0.15) is 0 Å². The van der Waals surface area contributed by atoms with E-state index in [0.29, 0.717) is 6.61 Å². The molecule has 0 amide bonds. The number of hydrogen-bond acceptors (Lipinski definition) is 4. The van der Waals surface area contributed by atoms with Crippen LogP contribution in [-0.4, -0.2) is 24.8 Å². The third-order valence-corrected chi connectivity index (χ3v) is 2.87. The van der Waals surface area contributed by atoms with Crippen molar-refractivity contribution in [2.75, 3.05) is 6.61 Å². The van der Waals surface area contributed by atoms with Crippen molar-refractivity contribution in [3.05, 3.63) is 24.7 Å². The Morgan fingerprint density at radius 3 is 2.82 bits per heavy atom. The highest BCUT2D eigenvalue weighted by molar-refractivity contribution is 5.74. The van der Waals surface area contributed by atoms with Crippen LogP contribution in [0.3, 0.4) is 0 Å². The van der Waals surface area contributed by atoms with Crippen molar-refractivity contribution in [1.82, 2.24) is 0 Å². The zero-order valence-electron chi connectivity index (χ0n) is 9.84. The van der Waals surface area contributed by atoms with Gasteiger partial charge in [-0.15, -0.1) is 0 Å². The van der Waals surface area contributed by atoms with E-state index < -0.39 is 6.10 Å². The molecule has 0 saturated heterocycles. The third-order valence-electron chi connectivity index (χ3n) is 2.87. The Balaban J connectivity index is 1.72. The van der Waals surface area contributed by atoms with Gasteiger partial charge in [-0.05, 0) is 44.3 Å². The van der Waals surface area contributed by atoms with Crippen molar-refractivity contribution in [3.63, 3.8) is 0 Å². The van der Waals surface area contributed by atoms with Gasteiger partial charge in [-0.25, -0.2) is 4.79 Å². The van der Waals surface area contributed by atoms with Gasteiger partial charge in [-0.1, -0.05) is 0 Å². The summed E-state index contributed by atoms with van der Waals surface area (Å²) >= 11 is 0. The number of hydrogen-bond donors (Lipinski definition) is 0. The zero-order chi connectivity index (χ0) is 11.9. The van der Waals surface area contributed by atoms with E-state index in [1.54, 1.807) is 12.5 Å². The fraction of sp³-hybridized carbons (Fsp3) is 0.615. The van der Waals surface area contributed by atoms with Gasteiger partial charge >= 0.3 is 5.97 Å². The predicted octanol–water partition coefficient (Wildman–Crippen LogP) is 2.31. The second-order valence-corrected chi connectivity index (χ2v) is 4.26. The highest BCUT2D eigenvalue weighted by Crippen LogP contribution is 2.14. The fourth-order valence-corrected chi connectivity index (χ4v) is 1.86. The van der Waals surface area contributed by atoms with Gasteiger partial charge in [0.1, 0.15) is 12.7 Å². The van der Waals surface area contributed by atoms with Crippen molar-refractivity contribution in [1.29, 1.82) is 0 Å². The van der Waals surface area contributed by atoms with Crippen molar-refractivity contribution < 1.29 is 19.0 Å². The van der Waals surface area contributed by atoms with E-state index in [-0.39, 0.29) is 12.1 Å². The lowest BCUT2D eigenvalue weighted by Crippen LogP contribution is -2.29. The SMILES string of the molecule is O=C(OCC1CCC=CO1)C1CCCC=CO1. The quantitative estimate of drug-likeness (QED) is 0.708. The van der Waals surface area contributed by atoms with Gasteiger partial charge in [0, 0.05) is 0 Å². The summed E-state index contributed by atoms with van der Waals surface area (Å²) in [5.74, 6) is -0.283. The first-order valence-corrected chi connectivity index (χ1v) is 6.14. The van der Waals surface area contributed by atoms with Crippen LogP contribution >= 0.6 is 0 Å². The van der Waals surface area contributed by atoms with Crippen LogP contribution in [0.5, 0.6) is 0 Å². The molecule has 0 spiro atoms. The molecule has 0 aromatic rings. The molecule has 17 heavy (non-hydrogen) atoms. The number of ether oxygens (including phenoxy) is 3. The molecule has 2 rings (SSSR count). The molecule has 2 aliphatic heterocycles. The lowest BCUT2D eigenvalue weighted by molar-refractivity contribution is -0.157. The Morgan fingerprint density at radius 1 is 1.18 bits per heavy atom. The van der Waals surface area contributed by atoms with Crippen LogP contribution in [0, 0.1) is 0 Å². The average Bonchev–Trinajstić information content (AvgIpc) is 2.66. The molecule has 2 unspecified atom stereocenters. The Bertz CT molecular complexity index is 309. The largest absolute Gasteiger partial charge is 0.495 e. The summed E-state index contributed by atoms with van der Waals surface area (Å²) in [5, 5.41) is 0. The highest BCUT2D eigenvalue weighted by atomic mass is 16.6.